The summed E-state index contributed by atoms with van der Waals surface area (Å²) in [5.74, 6) is 0.938. The van der Waals surface area contributed by atoms with Crippen LogP contribution in [0.1, 0.15) is 18.3 Å². The lowest BCUT2D eigenvalue weighted by Crippen LogP contribution is -2.28. The molecular weight excluding hydrogens is 328 g/mol. The van der Waals surface area contributed by atoms with Gasteiger partial charge in [0.25, 0.3) is 0 Å². The van der Waals surface area contributed by atoms with E-state index in [1.54, 1.807) is 0 Å². The maximum Gasteiger partial charge on any atom is 0.160 e. The lowest BCUT2D eigenvalue weighted by Gasteiger charge is -2.13. The third-order valence-electron chi connectivity index (χ3n) is 3.45. The quantitative estimate of drug-likeness (QED) is 0.772. The van der Waals surface area contributed by atoms with Crippen LogP contribution in [0.2, 0.25) is 0 Å². The Bertz CT molecular complexity index is 720. The molecule has 2 aromatic heterocycles. The Morgan fingerprint density at radius 1 is 1.14 bits per heavy atom. The molecule has 0 saturated heterocycles. The van der Waals surface area contributed by atoms with E-state index in [1.807, 2.05) is 28.8 Å². The van der Waals surface area contributed by atoms with Crippen LogP contribution in [-0.4, -0.2) is 20.6 Å². The fourth-order valence-electron chi connectivity index (χ4n) is 2.32. The third-order valence-corrected chi connectivity index (χ3v) is 3.98. The highest BCUT2D eigenvalue weighted by Crippen LogP contribution is 2.12. The lowest BCUT2D eigenvalue weighted by atomic mass is 10.1. The number of halogens is 1. The van der Waals surface area contributed by atoms with Gasteiger partial charge in [-0.1, -0.05) is 34.1 Å². The van der Waals surface area contributed by atoms with Crippen molar-refractivity contribution in [2.75, 3.05) is 0 Å². The van der Waals surface area contributed by atoms with Gasteiger partial charge in [-0.05, 0) is 43.2 Å². The summed E-state index contributed by atoms with van der Waals surface area (Å²) in [6.45, 7) is 2.90. The Balaban J connectivity index is 1.60. The van der Waals surface area contributed by atoms with Gasteiger partial charge in [-0.25, -0.2) is 0 Å². The molecule has 2 heterocycles. The zero-order valence-corrected chi connectivity index (χ0v) is 13.4. The lowest BCUT2D eigenvalue weighted by molar-refractivity contribution is 0.531. The van der Waals surface area contributed by atoms with E-state index in [0.29, 0.717) is 12.6 Å². The van der Waals surface area contributed by atoms with Gasteiger partial charge in [0.2, 0.25) is 0 Å². The molecule has 1 aromatic carbocycles. The fraction of sp³-hybridized carbons (Fsp3) is 0.250. The van der Waals surface area contributed by atoms with Crippen LogP contribution in [-0.2, 0) is 13.0 Å². The molecule has 3 aromatic rings. The second-order valence-corrected chi connectivity index (χ2v) is 6.07. The Kier molecular flexibility index (Phi) is 4.31. The summed E-state index contributed by atoms with van der Waals surface area (Å²) in [5.41, 5.74) is 2.21. The number of fused-ring (bicyclic) bond motifs is 1. The van der Waals surface area contributed by atoms with Gasteiger partial charge in [0.1, 0.15) is 0 Å². The van der Waals surface area contributed by atoms with Crippen molar-refractivity contribution in [3.8, 4) is 0 Å². The summed E-state index contributed by atoms with van der Waals surface area (Å²) in [6.07, 6.45) is 2.98. The minimum atomic E-state index is 0.377. The molecular formula is C16H17BrN4. The van der Waals surface area contributed by atoms with Gasteiger partial charge in [-0.3, -0.25) is 4.40 Å². The highest BCUT2D eigenvalue weighted by Gasteiger charge is 2.07. The molecule has 1 atom stereocenters. The van der Waals surface area contributed by atoms with E-state index in [9.17, 15) is 0 Å². The number of hydrogen-bond donors (Lipinski definition) is 1. The van der Waals surface area contributed by atoms with E-state index in [0.717, 1.165) is 22.4 Å². The first-order valence-electron chi connectivity index (χ1n) is 6.99. The molecule has 1 N–H and O–H groups in total. The minimum Gasteiger partial charge on any atom is -0.307 e. The summed E-state index contributed by atoms with van der Waals surface area (Å²) in [5, 5.41) is 11.9. The summed E-state index contributed by atoms with van der Waals surface area (Å²) in [4.78, 5) is 0. The van der Waals surface area contributed by atoms with E-state index in [2.05, 4.69) is 62.6 Å². The SMILES string of the molecule is CC(Cc1ccc(Br)cc1)NCc1nnc2ccccn12. The molecule has 0 bridgehead atoms. The summed E-state index contributed by atoms with van der Waals surface area (Å²) in [6, 6.07) is 14.7. The molecule has 0 aliphatic heterocycles. The van der Waals surface area contributed by atoms with Crippen molar-refractivity contribution in [2.24, 2.45) is 0 Å². The van der Waals surface area contributed by atoms with E-state index >= 15 is 0 Å². The molecule has 0 spiro atoms. The van der Waals surface area contributed by atoms with E-state index in [1.165, 1.54) is 5.56 Å². The van der Waals surface area contributed by atoms with Gasteiger partial charge in [-0.2, -0.15) is 0 Å². The third kappa shape index (κ3) is 3.49. The summed E-state index contributed by atoms with van der Waals surface area (Å²) < 4.78 is 3.13. The number of rotatable bonds is 5. The first-order valence-corrected chi connectivity index (χ1v) is 7.78. The fourth-order valence-corrected chi connectivity index (χ4v) is 2.59. The predicted octanol–water partition coefficient (Wildman–Crippen LogP) is 3.21. The molecule has 0 aliphatic carbocycles. The molecule has 21 heavy (non-hydrogen) atoms. The van der Waals surface area contributed by atoms with Crippen molar-refractivity contribution in [2.45, 2.75) is 25.9 Å². The van der Waals surface area contributed by atoms with Gasteiger partial charge in [-0.15, -0.1) is 10.2 Å². The van der Waals surface area contributed by atoms with Crippen molar-refractivity contribution in [1.29, 1.82) is 0 Å². The second kappa shape index (κ2) is 6.37. The molecule has 0 saturated carbocycles. The smallest absolute Gasteiger partial charge is 0.160 e. The number of nitrogens with one attached hydrogen (secondary N) is 1. The summed E-state index contributed by atoms with van der Waals surface area (Å²) in [7, 11) is 0. The predicted molar refractivity (Wildman–Crippen MR) is 87.1 cm³/mol. The van der Waals surface area contributed by atoms with Crippen LogP contribution in [0.4, 0.5) is 0 Å². The first-order chi connectivity index (χ1) is 10.2. The minimum absolute atomic E-state index is 0.377. The topological polar surface area (TPSA) is 42.2 Å². The number of nitrogens with zero attached hydrogens (tertiary/aromatic N) is 3. The molecule has 108 valence electrons. The largest absolute Gasteiger partial charge is 0.307 e. The molecule has 0 fully saturated rings. The van der Waals surface area contributed by atoms with Crippen LogP contribution < -0.4 is 5.32 Å². The van der Waals surface area contributed by atoms with Crippen molar-refractivity contribution < 1.29 is 0 Å². The Morgan fingerprint density at radius 3 is 2.76 bits per heavy atom. The van der Waals surface area contributed by atoms with Gasteiger partial charge in [0.05, 0.1) is 6.54 Å². The Labute approximate surface area is 132 Å². The normalized spacial score (nSPS) is 12.7. The highest BCUT2D eigenvalue weighted by atomic mass is 79.9. The zero-order chi connectivity index (χ0) is 14.7. The zero-order valence-electron chi connectivity index (χ0n) is 11.8. The monoisotopic (exact) mass is 344 g/mol. The van der Waals surface area contributed by atoms with Crippen LogP contribution in [0.3, 0.4) is 0 Å². The second-order valence-electron chi connectivity index (χ2n) is 5.16. The van der Waals surface area contributed by atoms with Crippen molar-refractivity contribution >= 4 is 21.6 Å². The van der Waals surface area contributed by atoms with Crippen molar-refractivity contribution in [3.63, 3.8) is 0 Å². The summed E-state index contributed by atoms with van der Waals surface area (Å²) >= 11 is 3.46. The van der Waals surface area contributed by atoms with Crippen LogP contribution in [0.25, 0.3) is 5.65 Å². The number of aromatic nitrogens is 3. The van der Waals surface area contributed by atoms with E-state index < -0.39 is 0 Å². The number of pyridine rings is 1. The maximum atomic E-state index is 4.23. The van der Waals surface area contributed by atoms with Crippen LogP contribution in [0.15, 0.2) is 53.1 Å². The van der Waals surface area contributed by atoms with Gasteiger partial charge in [0.15, 0.2) is 11.5 Å². The van der Waals surface area contributed by atoms with Gasteiger partial charge >= 0.3 is 0 Å². The number of hydrogen-bond acceptors (Lipinski definition) is 3. The maximum absolute atomic E-state index is 4.23. The van der Waals surface area contributed by atoms with E-state index in [-0.39, 0.29) is 0 Å². The molecule has 0 aliphatic rings. The molecule has 4 nitrogen and oxygen atoms in total. The standard InChI is InChI=1S/C16H17BrN4/c1-12(10-13-5-7-14(17)8-6-13)18-11-16-20-19-15-4-2-3-9-21(15)16/h2-9,12,18H,10-11H2,1H3. The van der Waals surface area contributed by atoms with E-state index in [4.69, 9.17) is 0 Å². The van der Waals surface area contributed by atoms with Crippen LogP contribution >= 0.6 is 15.9 Å². The molecule has 1 unspecified atom stereocenters. The molecule has 3 rings (SSSR count). The van der Waals surface area contributed by atoms with Crippen molar-refractivity contribution in [3.05, 3.63) is 64.5 Å². The molecule has 0 radical (unpaired) electrons. The van der Waals surface area contributed by atoms with Crippen LogP contribution in [0.5, 0.6) is 0 Å². The number of benzene rings is 1. The van der Waals surface area contributed by atoms with Crippen LogP contribution in [0, 0.1) is 0 Å². The van der Waals surface area contributed by atoms with Crippen molar-refractivity contribution in [1.82, 2.24) is 19.9 Å². The average Bonchev–Trinajstić information content (AvgIpc) is 2.91. The average molecular weight is 345 g/mol. The Morgan fingerprint density at radius 2 is 1.95 bits per heavy atom. The molecule has 5 heteroatoms. The Hall–Kier alpha value is -1.72. The first kappa shape index (κ1) is 14.2. The molecule has 0 amide bonds. The van der Waals surface area contributed by atoms with Gasteiger partial charge in [0, 0.05) is 16.7 Å². The van der Waals surface area contributed by atoms with Gasteiger partial charge < -0.3 is 5.32 Å². The highest BCUT2D eigenvalue weighted by molar-refractivity contribution is 9.10.